The standard InChI is InChI=1S/C12H20N4/c1-10-5-3-6-11(15-10)9-16(2)8-4-7-12(13)14/h3,5-6H,4,7-9H2,1-2H3,(H3,13,14). The number of hydrogen-bond donors (Lipinski definition) is 2. The highest BCUT2D eigenvalue weighted by Gasteiger charge is 2.01. The van der Waals surface area contributed by atoms with Crippen LogP contribution in [0.25, 0.3) is 0 Å². The van der Waals surface area contributed by atoms with Crippen molar-refractivity contribution in [1.82, 2.24) is 9.88 Å². The quantitative estimate of drug-likeness (QED) is 0.564. The molecule has 0 saturated carbocycles. The van der Waals surface area contributed by atoms with Gasteiger partial charge in [0.05, 0.1) is 11.5 Å². The first kappa shape index (κ1) is 12.6. The van der Waals surface area contributed by atoms with E-state index in [2.05, 4.69) is 16.9 Å². The third-order valence-corrected chi connectivity index (χ3v) is 2.36. The van der Waals surface area contributed by atoms with Gasteiger partial charge in [0.15, 0.2) is 0 Å². The Hall–Kier alpha value is -1.42. The van der Waals surface area contributed by atoms with Gasteiger partial charge in [-0.1, -0.05) is 6.07 Å². The number of amidine groups is 1. The normalized spacial score (nSPS) is 10.7. The third kappa shape index (κ3) is 4.89. The van der Waals surface area contributed by atoms with Crippen LogP contribution < -0.4 is 5.73 Å². The van der Waals surface area contributed by atoms with Gasteiger partial charge in [0.25, 0.3) is 0 Å². The lowest BCUT2D eigenvalue weighted by Gasteiger charge is -2.15. The molecule has 0 unspecified atom stereocenters. The Morgan fingerprint density at radius 3 is 2.88 bits per heavy atom. The first-order chi connectivity index (χ1) is 7.58. The maximum Gasteiger partial charge on any atom is 0.0905 e. The van der Waals surface area contributed by atoms with E-state index in [-0.39, 0.29) is 5.84 Å². The van der Waals surface area contributed by atoms with E-state index in [0.717, 1.165) is 30.9 Å². The summed E-state index contributed by atoms with van der Waals surface area (Å²) in [7, 11) is 2.06. The molecule has 1 rings (SSSR count). The Morgan fingerprint density at radius 1 is 1.50 bits per heavy atom. The van der Waals surface area contributed by atoms with Gasteiger partial charge in [0, 0.05) is 18.7 Å². The second-order valence-electron chi connectivity index (χ2n) is 4.14. The Morgan fingerprint density at radius 2 is 2.25 bits per heavy atom. The molecule has 0 bridgehead atoms. The van der Waals surface area contributed by atoms with Crippen LogP contribution in [0.2, 0.25) is 0 Å². The molecule has 1 aromatic rings. The van der Waals surface area contributed by atoms with Crippen LogP contribution in [-0.2, 0) is 6.54 Å². The summed E-state index contributed by atoms with van der Waals surface area (Å²) in [5.41, 5.74) is 7.44. The van der Waals surface area contributed by atoms with Gasteiger partial charge < -0.3 is 10.6 Å². The molecule has 0 aromatic carbocycles. The van der Waals surface area contributed by atoms with Crippen molar-refractivity contribution in [1.29, 1.82) is 5.41 Å². The van der Waals surface area contributed by atoms with Crippen molar-refractivity contribution < 1.29 is 0 Å². The number of nitrogens with one attached hydrogen (secondary N) is 1. The number of rotatable bonds is 6. The number of nitrogens with zero attached hydrogens (tertiary/aromatic N) is 2. The minimum Gasteiger partial charge on any atom is -0.388 e. The van der Waals surface area contributed by atoms with Crippen molar-refractivity contribution in [2.24, 2.45) is 5.73 Å². The summed E-state index contributed by atoms with van der Waals surface area (Å²) < 4.78 is 0. The van der Waals surface area contributed by atoms with E-state index in [0.29, 0.717) is 6.42 Å². The average Bonchev–Trinajstić information content (AvgIpc) is 2.16. The number of hydrogen-bond acceptors (Lipinski definition) is 3. The fourth-order valence-corrected chi connectivity index (χ4v) is 1.58. The van der Waals surface area contributed by atoms with E-state index in [4.69, 9.17) is 11.1 Å². The summed E-state index contributed by atoms with van der Waals surface area (Å²) in [5, 5.41) is 7.13. The van der Waals surface area contributed by atoms with Gasteiger partial charge in [-0.25, -0.2) is 0 Å². The smallest absolute Gasteiger partial charge is 0.0905 e. The van der Waals surface area contributed by atoms with Crippen molar-refractivity contribution in [3.8, 4) is 0 Å². The van der Waals surface area contributed by atoms with E-state index in [1.165, 1.54) is 0 Å². The Bertz CT molecular complexity index is 349. The highest BCUT2D eigenvalue weighted by Crippen LogP contribution is 2.02. The van der Waals surface area contributed by atoms with E-state index in [1.54, 1.807) is 0 Å². The Labute approximate surface area is 97.0 Å². The van der Waals surface area contributed by atoms with Crippen LogP contribution in [0.4, 0.5) is 0 Å². The summed E-state index contributed by atoms with van der Waals surface area (Å²) in [6.45, 7) is 3.79. The molecule has 0 aliphatic rings. The topological polar surface area (TPSA) is 66.0 Å². The van der Waals surface area contributed by atoms with Crippen LogP contribution in [0.1, 0.15) is 24.2 Å². The maximum absolute atomic E-state index is 7.13. The van der Waals surface area contributed by atoms with Crippen LogP contribution in [0.3, 0.4) is 0 Å². The number of aryl methyl sites for hydroxylation is 1. The van der Waals surface area contributed by atoms with Gasteiger partial charge in [-0.05, 0) is 39.1 Å². The van der Waals surface area contributed by atoms with Gasteiger partial charge >= 0.3 is 0 Å². The van der Waals surface area contributed by atoms with Gasteiger partial charge in [-0.3, -0.25) is 10.4 Å². The van der Waals surface area contributed by atoms with Crippen molar-refractivity contribution >= 4 is 5.84 Å². The van der Waals surface area contributed by atoms with E-state index in [1.807, 2.05) is 25.1 Å². The zero-order chi connectivity index (χ0) is 12.0. The molecule has 0 aliphatic carbocycles. The molecule has 1 aromatic heterocycles. The van der Waals surface area contributed by atoms with E-state index < -0.39 is 0 Å². The minimum absolute atomic E-state index is 0.266. The lowest BCUT2D eigenvalue weighted by molar-refractivity contribution is 0.320. The zero-order valence-electron chi connectivity index (χ0n) is 10.0. The average molecular weight is 220 g/mol. The van der Waals surface area contributed by atoms with Crippen molar-refractivity contribution in [2.45, 2.75) is 26.3 Å². The highest BCUT2D eigenvalue weighted by atomic mass is 15.1. The number of aromatic nitrogens is 1. The first-order valence-corrected chi connectivity index (χ1v) is 5.52. The molecule has 0 atom stereocenters. The van der Waals surface area contributed by atoms with Crippen molar-refractivity contribution in [3.05, 3.63) is 29.6 Å². The molecule has 1 heterocycles. The second kappa shape index (κ2) is 6.23. The number of pyridine rings is 1. The molecule has 88 valence electrons. The van der Waals surface area contributed by atoms with Gasteiger partial charge in [-0.2, -0.15) is 0 Å². The van der Waals surface area contributed by atoms with Crippen LogP contribution in [0.15, 0.2) is 18.2 Å². The fraction of sp³-hybridized carbons (Fsp3) is 0.500. The molecule has 0 aliphatic heterocycles. The fourth-order valence-electron chi connectivity index (χ4n) is 1.58. The van der Waals surface area contributed by atoms with Crippen LogP contribution in [0.5, 0.6) is 0 Å². The molecule has 0 fully saturated rings. The monoisotopic (exact) mass is 220 g/mol. The van der Waals surface area contributed by atoms with E-state index >= 15 is 0 Å². The lowest BCUT2D eigenvalue weighted by Crippen LogP contribution is -2.21. The predicted molar refractivity (Wildman–Crippen MR) is 66.5 cm³/mol. The SMILES string of the molecule is Cc1cccc(CN(C)CCCC(=N)N)n1. The molecule has 3 N–H and O–H groups in total. The van der Waals surface area contributed by atoms with E-state index in [9.17, 15) is 0 Å². The summed E-state index contributed by atoms with van der Waals surface area (Å²) in [5.74, 6) is 0.266. The molecule has 4 heteroatoms. The molecular formula is C12H20N4. The molecule has 16 heavy (non-hydrogen) atoms. The molecule has 0 spiro atoms. The Kier molecular flexibility index (Phi) is 4.92. The maximum atomic E-state index is 7.13. The van der Waals surface area contributed by atoms with Crippen molar-refractivity contribution in [3.63, 3.8) is 0 Å². The van der Waals surface area contributed by atoms with Crippen LogP contribution in [0, 0.1) is 12.3 Å². The Balaban J connectivity index is 2.33. The largest absolute Gasteiger partial charge is 0.388 e. The molecule has 0 radical (unpaired) electrons. The summed E-state index contributed by atoms with van der Waals surface area (Å²) >= 11 is 0. The second-order valence-corrected chi connectivity index (χ2v) is 4.14. The first-order valence-electron chi connectivity index (χ1n) is 5.52. The highest BCUT2D eigenvalue weighted by molar-refractivity contribution is 5.76. The van der Waals surface area contributed by atoms with Crippen LogP contribution in [-0.4, -0.2) is 29.3 Å². The zero-order valence-corrected chi connectivity index (χ0v) is 10.0. The summed E-state index contributed by atoms with van der Waals surface area (Å²) in [6.07, 6.45) is 1.60. The van der Waals surface area contributed by atoms with Gasteiger partial charge in [0.1, 0.15) is 0 Å². The molecular weight excluding hydrogens is 200 g/mol. The third-order valence-electron chi connectivity index (χ3n) is 2.36. The number of nitrogens with two attached hydrogens (primary N) is 1. The van der Waals surface area contributed by atoms with Gasteiger partial charge in [0.2, 0.25) is 0 Å². The molecule has 0 amide bonds. The van der Waals surface area contributed by atoms with Crippen LogP contribution >= 0.6 is 0 Å². The van der Waals surface area contributed by atoms with Crippen molar-refractivity contribution in [2.75, 3.05) is 13.6 Å². The minimum atomic E-state index is 0.266. The summed E-state index contributed by atoms with van der Waals surface area (Å²) in [6, 6.07) is 6.06. The molecule has 0 saturated heterocycles. The van der Waals surface area contributed by atoms with Gasteiger partial charge in [-0.15, -0.1) is 0 Å². The summed E-state index contributed by atoms with van der Waals surface area (Å²) in [4.78, 5) is 6.65. The predicted octanol–water partition coefficient (Wildman–Crippen LogP) is 1.54. The lowest BCUT2D eigenvalue weighted by atomic mass is 10.2. The molecule has 4 nitrogen and oxygen atoms in total.